The van der Waals surface area contributed by atoms with E-state index in [0.29, 0.717) is 6.42 Å². The van der Waals surface area contributed by atoms with Gasteiger partial charge < -0.3 is 9.47 Å². The first-order chi connectivity index (χ1) is 11.7. The molecule has 0 saturated carbocycles. The Labute approximate surface area is 149 Å². The molecule has 8 nitrogen and oxygen atoms in total. The molecule has 0 unspecified atom stereocenters. The molecule has 0 aliphatic rings. The number of alkyl halides is 3. The van der Waals surface area contributed by atoms with Crippen molar-refractivity contribution in [1.82, 2.24) is 4.72 Å². The molecule has 0 saturated heterocycles. The van der Waals surface area contributed by atoms with Crippen molar-refractivity contribution < 1.29 is 45.4 Å². The molecular weight excluding hydrogens is 383 g/mol. The quantitative estimate of drug-likeness (QED) is 0.309. The van der Waals surface area contributed by atoms with Crippen LogP contribution in [0, 0.1) is 5.41 Å². The first-order valence-corrected chi connectivity index (χ1v) is 9.22. The van der Waals surface area contributed by atoms with Gasteiger partial charge in [0.1, 0.15) is 13.0 Å². The van der Waals surface area contributed by atoms with Crippen LogP contribution in [-0.4, -0.2) is 57.8 Å². The molecule has 0 heterocycles. The number of carbonyl (C=O) groups is 3. The van der Waals surface area contributed by atoms with Crippen molar-refractivity contribution in [2.75, 3.05) is 25.5 Å². The van der Waals surface area contributed by atoms with Crippen LogP contribution in [0.1, 0.15) is 33.6 Å². The van der Waals surface area contributed by atoms with E-state index in [-0.39, 0.29) is 0 Å². The first kappa shape index (κ1) is 24.3. The van der Waals surface area contributed by atoms with Crippen molar-refractivity contribution in [3.8, 4) is 0 Å². The maximum absolute atomic E-state index is 12.0. The Morgan fingerprint density at radius 1 is 1.08 bits per heavy atom. The highest BCUT2D eigenvalue weighted by molar-refractivity contribution is 7.89. The summed E-state index contributed by atoms with van der Waals surface area (Å²) in [6, 6.07) is 0. The zero-order valence-corrected chi connectivity index (χ0v) is 15.5. The first-order valence-electron chi connectivity index (χ1n) is 7.57. The zero-order valence-electron chi connectivity index (χ0n) is 14.6. The molecule has 0 aliphatic heterocycles. The summed E-state index contributed by atoms with van der Waals surface area (Å²) in [5.41, 5.74) is -0.769. The maximum Gasteiger partial charge on any atom is 0.404 e. The largest absolute Gasteiger partial charge is 0.464 e. The van der Waals surface area contributed by atoms with E-state index in [9.17, 15) is 36.0 Å². The molecule has 0 aromatic rings. The summed E-state index contributed by atoms with van der Waals surface area (Å²) in [6.45, 7) is 3.30. The van der Waals surface area contributed by atoms with Gasteiger partial charge in [-0.05, 0) is 20.3 Å². The Morgan fingerprint density at radius 2 is 1.65 bits per heavy atom. The standard InChI is InChI=1S/C14H22F3NO7S/c1-4-13(2,3)12(21)25-8-10(19)7-11(20)24-6-5-18-26(22,23)9-14(15,16)17/h18H,4-9H2,1-3H3. The lowest BCUT2D eigenvalue weighted by atomic mass is 9.91. The van der Waals surface area contributed by atoms with Crippen molar-refractivity contribution in [1.29, 1.82) is 0 Å². The van der Waals surface area contributed by atoms with Crippen LogP contribution in [0.25, 0.3) is 0 Å². The Bertz CT molecular complexity index is 615. The van der Waals surface area contributed by atoms with Gasteiger partial charge in [0, 0.05) is 6.54 Å². The minimum absolute atomic E-state index is 0.492. The van der Waals surface area contributed by atoms with E-state index in [1.165, 1.54) is 0 Å². The fourth-order valence-corrected chi connectivity index (χ4v) is 2.30. The zero-order chi connectivity index (χ0) is 20.6. The molecule has 0 rings (SSSR count). The van der Waals surface area contributed by atoms with Gasteiger partial charge in [-0.1, -0.05) is 6.92 Å². The number of Topliss-reactive ketones (excluding diaryl/α,β-unsaturated/α-hetero) is 1. The average molecular weight is 405 g/mol. The van der Waals surface area contributed by atoms with E-state index in [1.807, 2.05) is 0 Å². The lowest BCUT2D eigenvalue weighted by Gasteiger charge is -2.19. The Hall–Kier alpha value is -1.69. The molecule has 0 aromatic carbocycles. The predicted molar refractivity (Wildman–Crippen MR) is 83.5 cm³/mol. The summed E-state index contributed by atoms with van der Waals surface area (Å²) < 4.78 is 69.0. The number of esters is 2. The van der Waals surface area contributed by atoms with Gasteiger partial charge in [-0.15, -0.1) is 0 Å². The molecule has 152 valence electrons. The van der Waals surface area contributed by atoms with Crippen LogP contribution in [0.4, 0.5) is 13.2 Å². The van der Waals surface area contributed by atoms with Crippen molar-refractivity contribution >= 4 is 27.7 Å². The number of sulfonamides is 1. The van der Waals surface area contributed by atoms with Crippen LogP contribution in [0.3, 0.4) is 0 Å². The molecule has 0 spiro atoms. The molecule has 26 heavy (non-hydrogen) atoms. The van der Waals surface area contributed by atoms with Crippen LogP contribution < -0.4 is 4.72 Å². The minimum atomic E-state index is -4.89. The Balaban J connectivity index is 4.10. The van der Waals surface area contributed by atoms with Gasteiger partial charge in [-0.2, -0.15) is 13.2 Å². The maximum atomic E-state index is 12.0. The summed E-state index contributed by atoms with van der Waals surface area (Å²) in [5, 5.41) is 0. The second-order valence-corrected chi connectivity index (χ2v) is 7.82. The second-order valence-electron chi connectivity index (χ2n) is 6.02. The van der Waals surface area contributed by atoms with Gasteiger partial charge in [0.05, 0.1) is 5.41 Å². The Morgan fingerprint density at radius 3 is 2.15 bits per heavy atom. The minimum Gasteiger partial charge on any atom is -0.464 e. The monoisotopic (exact) mass is 405 g/mol. The van der Waals surface area contributed by atoms with Gasteiger partial charge >= 0.3 is 18.1 Å². The molecule has 1 N–H and O–H groups in total. The topological polar surface area (TPSA) is 116 Å². The van der Waals surface area contributed by atoms with E-state index in [4.69, 9.17) is 4.74 Å². The summed E-state index contributed by atoms with van der Waals surface area (Å²) in [6.07, 6.45) is -5.11. The molecule has 0 aliphatic carbocycles. The molecule has 0 aromatic heterocycles. The highest BCUT2D eigenvalue weighted by atomic mass is 32.2. The summed E-state index contributed by atoms with van der Waals surface area (Å²) in [4.78, 5) is 34.5. The van der Waals surface area contributed by atoms with Gasteiger partial charge in [0.2, 0.25) is 10.0 Å². The van der Waals surface area contributed by atoms with Crippen LogP contribution in [-0.2, 0) is 33.9 Å². The third-order valence-corrected chi connectivity index (χ3v) is 4.53. The highest BCUT2D eigenvalue weighted by Crippen LogP contribution is 2.21. The normalized spacial score (nSPS) is 12.5. The average Bonchev–Trinajstić information content (AvgIpc) is 2.46. The number of hydrogen-bond donors (Lipinski definition) is 1. The van der Waals surface area contributed by atoms with Crippen LogP contribution >= 0.6 is 0 Å². The predicted octanol–water partition coefficient (Wildman–Crippen LogP) is 0.950. The summed E-state index contributed by atoms with van der Waals surface area (Å²) in [5.74, 6) is -4.39. The van der Waals surface area contributed by atoms with E-state index < -0.39 is 71.3 Å². The van der Waals surface area contributed by atoms with Crippen molar-refractivity contribution in [2.45, 2.75) is 39.8 Å². The number of ketones is 1. The third-order valence-electron chi connectivity index (χ3n) is 3.18. The van der Waals surface area contributed by atoms with Gasteiger partial charge in [-0.25, -0.2) is 13.1 Å². The molecule has 0 atom stereocenters. The van der Waals surface area contributed by atoms with E-state index >= 15 is 0 Å². The SMILES string of the molecule is CCC(C)(C)C(=O)OCC(=O)CC(=O)OCCNS(=O)(=O)CC(F)(F)F. The number of ether oxygens (including phenoxy) is 2. The lowest BCUT2D eigenvalue weighted by Crippen LogP contribution is -2.35. The van der Waals surface area contributed by atoms with Crippen LogP contribution in [0.2, 0.25) is 0 Å². The number of nitrogens with one attached hydrogen (secondary N) is 1. The van der Waals surface area contributed by atoms with Gasteiger partial charge in [-0.3, -0.25) is 14.4 Å². The summed E-state index contributed by atoms with van der Waals surface area (Å²) >= 11 is 0. The van der Waals surface area contributed by atoms with E-state index in [1.54, 1.807) is 25.5 Å². The number of rotatable bonds is 11. The van der Waals surface area contributed by atoms with Crippen LogP contribution in [0.15, 0.2) is 0 Å². The van der Waals surface area contributed by atoms with Gasteiger partial charge in [0.25, 0.3) is 0 Å². The third kappa shape index (κ3) is 11.0. The smallest absolute Gasteiger partial charge is 0.404 e. The molecule has 0 bridgehead atoms. The van der Waals surface area contributed by atoms with Crippen molar-refractivity contribution in [2.24, 2.45) is 5.41 Å². The lowest BCUT2D eigenvalue weighted by molar-refractivity contribution is -0.158. The fraction of sp³-hybridized carbons (Fsp3) is 0.786. The van der Waals surface area contributed by atoms with Crippen molar-refractivity contribution in [3.63, 3.8) is 0 Å². The highest BCUT2D eigenvalue weighted by Gasteiger charge is 2.34. The molecular formula is C14H22F3NO7S. The van der Waals surface area contributed by atoms with E-state index in [0.717, 1.165) is 0 Å². The molecule has 0 radical (unpaired) electrons. The van der Waals surface area contributed by atoms with Gasteiger partial charge in [0.15, 0.2) is 18.1 Å². The Kier molecular flexibility index (Phi) is 9.22. The molecule has 12 heteroatoms. The van der Waals surface area contributed by atoms with Crippen LogP contribution in [0.5, 0.6) is 0 Å². The molecule has 0 amide bonds. The fourth-order valence-electron chi connectivity index (χ4n) is 1.38. The van der Waals surface area contributed by atoms with Crippen molar-refractivity contribution in [3.05, 3.63) is 0 Å². The van der Waals surface area contributed by atoms with E-state index in [2.05, 4.69) is 4.74 Å². The number of carbonyl (C=O) groups excluding carboxylic acids is 3. The summed E-state index contributed by atoms with van der Waals surface area (Å²) in [7, 11) is -4.59. The molecule has 0 fully saturated rings. The number of hydrogen-bond acceptors (Lipinski definition) is 7. The number of halogens is 3. The second kappa shape index (κ2) is 9.86.